The second kappa shape index (κ2) is 6.26. The fourth-order valence-corrected chi connectivity index (χ4v) is 2.74. The first-order valence-corrected chi connectivity index (χ1v) is 6.75. The third-order valence-corrected chi connectivity index (χ3v) is 3.89. The number of rotatable bonds is 5. The predicted molar refractivity (Wildman–Crippen MR) is 74.6 cm³/mol. The van der Waals surface area contributed by atoms with Crippen LogP contribution in [0.4, 0.5) is 0 Å². The van der Waals surface area contributed by atoms with Gasteiger partial charge < -0.3 is 5.11 Å². The van der Waals surface area contributed by atoms with Crippen molar-refractivity contribution in [3.63, 3.8) is 0 Å². The highest BCUT2D eigenvalue weighted by molar-refractivity contribution is 7.99. The van der Waals surface area contributed by atoms with Gasteiger partial charge in [-0.3, -0.25) is 4.79 Å². The van der Waals surface area contributed by atoms with Gasteiger partial charge in [-0.25, -0.2) is 0 Å². The van der Waals surface area contributed by atoms with Crippen LogP contribution in [0.25, 0.3) is 0 Å². The summed E-state index contributed by atoms with van der Waals surface area (Å²) in [7, 11) is 0. The average Bonchev–Trinajstić information content (AvgIpc) is 2.41. The molecule has 2 nitrogen and oxygen atoms in total. The average molecular weight is 258 g/mol. The fraction of sp³-hybridized carbons (Fsp3) is 0.133. The van der Waals surface area contributed by atoms with Gasteiger partial charge in [0.25, 0.3) is 0 Å². The van der Waals surface area contributed by atoms with E-state index in [1.165, 1.54) is 11.8 Å². The molecule has 0 bridgehead atoms. The number of benzene rings is 2. The van der Waals surface area contributed by atoms with Crippen molar-refractivity contribution in [3.05, 3.63) is 71.8 Å². The molecule has 0 unspecified atom stereocenters. The normalized spacial score (nSPS) is 12.0. The van der Waals surface area contributed by atoms with Crippen molar-refractivity contribution in [1.82, 2.24) is 0 Å². The summed E-state index contributed by atoms with van der Waals surface area (Å²) < 4.78 is 0. The van der Waals surface area contributed by atoms with Crippen LogP contribution in [-0.4, -0.2) is 11.1 Å². The van der Waals surface area contributed by atoms with E-state index in [2.05, 4.69) is 0 Å². The molecule has 0 spiro atoms. The number of hydrogen-bond donors (Lipinski definition) is 1. The quantitative estimate of drug-likeness (QED) is 0.887. The summed E-state index contributed by atoms with van der Waals surface area (Å²) in [6, 6.07) is 19.3. The molecule has 0 aromatic heterocycles. The number of carboxylic acids is 1. The summed E-state index contributed by atoms with van der Waals surface area (Å²) in [6.45, 7) is 0. The molecule has 0 saturated carbocycles. The van der Waals surface area contributed by atoms with Gasteiger partial charge in [0.1, 0.15) is 5.25 Å². The van der Waals surface area contributed by atoms with Gasteiger partial charge in [0.2, 0.25) is 0 Å². The van der Waals surface area contributed by atoms with Crippen LogP contribution in [0, 0.1) is 0 Å². The number of carbonyl (C=O) groups is 1. The molecule has 3 heteroatoms. The van der Waals surface area contributed by atoms with Crippen LogP contribution < -0.4 is 0 Å². The van der Waals surface area contributed by atoms with Gasteiger partial charge in [-0.2, -0.15) is 0 Å². The van der Waals surface area contributed by atoms with E-state index in [0.29, 0.717) is 5.75 Å². The summed E-state index contributed by atoms with van der Waals surface area (Å²) in [5, 5.41) is 8.78. The maximum atomic E-state index is 11.3. The Morgan fingerprint density at radius 1 is 1.00 bits per heavy atom. The lowest BCUT2D eigenvalue weighted by Gasteiger charge is -2.12. The molecule has 0 fully saturated rings. The van der Waals surface area contributed by atoms with Gasteiger partial charge in [0.15, 0.2) is 0 Å². The summed E-state index contributed by atoms with van der Waals surface area (Å²) in [4.78, 5) is 11.3. The molecule has 0 aliphatic heterocycles. The van der Waals surface area contributed by atoms with Crippen LogP contribution >= 0.6 is 11.8 Å². The molecule has 1 N–H and O–H groups in total. The second-order valence-corrected chi connectivity index (χ2v) is 5.02. The Morgan fingerprint density at radius 3 is 2.11 bits per heavy atom. The molecule has 1 atom stereocenters. The molecule has 0 saturated heterocycles. The Kier molecular flexibility index (Phi) is 4.42. The number of aliphatic carboxylic acids is 1. The minimum Gasteiger partial charge on any atom is -0.480 e. The lowest BCUT2D eigenvalue weighted by Crippen LogP contribution is -2.08. The topological polar surface area (TPSA) is 37.3 Å². The SMILES string of the molecule is O=C(O)[C@H](SCc1ccccc1)c1ccccc1. The standard InChI is InChI=1S/C15H14O2S/c16-15(17)14(13-9-5-2-6-10-13)18-11-12-7-3-1-4-8-12/h1-10,14H,11H2,(H,16,17)/t14-/m1/s1. The molecule has 2 rings (SSSR count). The summed E-state index contributed by atoms with van der Waals surface area (Å²) in [5.41, 5.74) is 1.98. The first-order valence-electron chi connectivity index (χ1n) is 5.70. The molecular formula is C15H14O2S. The van der Waals surface area contributed by atoms with E-state index >= 15 is 0 Å². The molecule has 92 valence electrons. The van der Waals surface area contributed by atoms with Crippen LogP contribution in [-0.2, 0) is 10.5 Å². The molecule has 2 aromatic carbocycles. The Morgan fingerprint density at radius 2 is 1.56 bits per heavy atom. The molecular weight excluding hydrogens is 244 g/mol. The van der Waals surface area contributed by atoms with Crippen LogP contribution in [0.1, 0.15) is 16.4 Å². The van der Waals surface area contributed by atoms with E-state index < -0.39 is 11.2 Å². The lowest BCUT2D eigenvalue weighted by molar-refractivity contribution is -0.136. The monoisotopic (exact) mass is 258 g/mol. The minimum atomic E-state index is -0.790. The fourth-order valence-electron chi connectivity index (χ4n) is 1.69. The number of hydrogen-bond acceptors (Lipinski definition) is 2. The third-order valence-electron chi connectivity index (χ3n) is 2.59. The van der Waals surface area contributed by atoms with Crippen LogP contribution in [0.5, 0.6) is 0 Å². The van der Waals surface area contributed by atoms with Gasteiger partial charge in [-0.05, 0) is 11.1 Å². The van der Waals surface area contributed by atoms with Gasteiger partial charge in [0.05, 0.1) is 0 Å². The second-order valence-electron chi connectivity index (χ2n) is 3.93. The van der Waals surface area contributed by atoms with E-state index in [1.807, 2.05) is 60.7 Å². The molecule has 0 radical (unpaired) electrons. The molecule has 0 aliphatic rings. The van der Waals surface area contributed by atoms with Gasteiger partial charge >= 0.3 is 5.97 Å². The lowest BCUT2D eigenvalue weighted by atomic mass is 10.1. The van der Waals surface area contributed by atoms with Crippen molar-refractivity contribution in [2.24, 2.45) is 0 Å². The molecule has 2 aromatic rings. The number of carboxylic acid groups (broad SMARTS) is 1. The first-order chi connectivity index (χ1) is 8.77. The van der Waals surface area contributed by atoms with Gasteiger partial charge in [-0.1, -0.05) is 60.7 Å². The molecule has 0 heterocycles. The highest BCUT2D eigenvalue weighted by Gasteiger charge is 2.19. The van der Waals surface area contributed by atoms with Crippen molar-refractivity contribution in [2.45, 2.75) is 11.0 Å². The van der Waals surface area contributed by atoms with E-state index in [4.69, 9.17) is 0 Å². The van der Waals surface area contributed by atoms with Crippen molar-refractivity contribution in [3.8, 4) is 0 Å². The zero-order chi connectivity index (χ0) is 12.8. The summed E-state index contributed by atoms with van der Waals surface area (Å²) in [6.07, 6.45) is 0. The van der Waals surface area contributed by atoms with Gasteiger partial charge in [-0.15, -0.1) is 11.8 Å². The van der Waals surface area contributed by atoms with Crippen molar-refractivity contribution in [1.29, 1.82) is 0 Å². The maximum absolute atomic E-state index is 11.3. The van der Waals surface area contributed by atoms with E-state index in [-0.39, 0.29) is 0 Å². The highest BCUT2D eigenvalue weighted by Crippen LogP contribution is 2.31. The van der Waals surface area contributed by atoms with Crippen LogP contribution in [0.3, 0.4) is 0 Å². The summed E-state index contributed by atoms with van der Waals surface area (Å²) >= 11 is 1.44. The maximum Gasteiger partial charge on any atom is 0.321 e. The molecule has 0 aliphatic carbocycles. The van der Waals surface area contributed by atoms with E-state index in [9.17, 15) is 9.90 Å². The Balaban J connectivity index is 2.06. The van der Waals surface area contributed by atoms with Crippen molar-refractivity contribution < 1.29 is 9.90 Å². The van der Waals surface area contributed by atoms with Gasteiger partial charge in [0, 0.05) is 5.75 Å². The van der Waals surface area contributed by atoms with Crippen molar-refractivity contribution >= 4 is 17.7 Å². The zero-order valence-electron chi connectivity index (χ0n) is 9.82. The minimum absolute atomic E-state index is 0.508. The Bertz CT molecular complexity index is 496. The van der Waals surface area contributed by atoms with E-state index in [1.54, 1.807) is 0 Å². The molecule has 0 amide bonds. The summed E-state index contributed by atoms with van der Waals surface area (Å²) in [5.74, 6) is -0.0886. The smallest absolute Gasteiger partial charge is 0.321 e. The van der Waals surface area contributed by atoms with E-state index in [0.717, 1.165) is 11.1 Å². The first kappa shape index (κ1) is 12.7. The van der Waals surface area contributed by atoms with Crippen LogP contribution in [0.2, 0.25) is 0 Å². The third kappa shape index (κ3) is 3.37. The Labute approximate surface area is 111 Å². The largest absolute Gasteiger partial charge is 0.480 e. The zero-order valence-corrected chi connectivity index (χ0v) is 10.6. The van der Waals surface area contributed by atoms with Crippen molar-refractivity contribution in [2.75, 3.05) is 0 Å². The highest BCUT2D eigenvalue weighted by atomic mass is 32.2. The predicted octanol–water partition coefficient (Wildman–Crippen LogP) is 3.75. The molecule has 18 heavy (non-hydrogen) atoms. The Hall–Kier alpha value is -1.74. The van der Waals surface area contributed by atoms with Crippen LogP contribution in [0.15, 0.2) is 60.7 Å². The number of thioether (sulfide) groups is 1.